The van der Waals surface area contributed by atoms with E-state index in [1.165, 1.54) is 19.3 Å². The molecule has 1 aliphatic heterocycles. The molecule has 0 aromatic heterocycles. The van der Waals surface area contributed by atoms with Crippen LogP contribution in [0.1, 0.15) is 57.1 Å². The van der Waals surface area contributed by atoms with Gasteiger partial charge in [0.25, 0.3) is 5.91 Å². The van der Waals surface area contributed by atoms with Crippen molar-refractivity contribution in [2.24, 2.45) is 16.8 Å². The number of benzene rings is 2. The highest BCUT2D eigenvalue weighted by atomic mass is 16.2. The maximum atomic E-state index is 13.7. The van der Waals surface area contributed by atoms with Gasteiger partial charge in [0.1, 0.15) is 6.04 Å². The highest BCUT2D eigenvalue weighted by Gasteiger charge is 2.35. The zero-order valence-corrected chi connectivity index (χ0v) is 18.0. The fraction of sp³-hybridized carbons (Fsp3) is 0.440. The molecule has 1 fully saturated rings. The van der Waals surface area contributed by atoms with Crippen molar-refractivity contribution in [3.63, 3.8) is 0 Å². The summed E-state index contributed by atoms with van der Waals surface area (Å²) in [7, 11) is 0. The van der Waals surface area contributed by atoms with Crippen LogP contribution in [0.15, 0.2) is 47.5 Å². The van der Waals surface area contributed by atoms with E-state index < -0.39 is 0 Å². The number of nitrogens with two attached hydrogens (primary N) is 2. The Kier molecular flexibility index (Phi) is 5.80. The number of fused-ring (bicyclic) bond motifs is 1. The van der Waals surface area contributed by atoms with Crippen LogP contribution in [0.5, 0.6) is 0 Å². The van der Waals surface area contributed by atoms with Gasteiger partial charge < -0.3 is 16.4 Å². The smallest absolute Gasteiger partial charge is 0.252 e. The molecule has 5 nitrogen and oxygen atoms in total. The lowest BCUT2D eigenvalue weighted by Gasteiger charge is -2.27. The van der Waals surface area contributed by atoms with Gasteiger partial charge in [-0.3, -0.25) is 9.79 Å². The summed E-state index contributed by atoms with van der Waals surface area (Å²) in [6.45, 7) is 4.65. The van der Waals surface area contributed by atoms with Crippen LogP contribution in [0.25, 0.3) is 0 Å². The van der Waals surface area contributed by atoms with Gasteiger partial charge >= 0.3 is 0 Å². The number of amides is 1. The third-order valence-electron chi connectivity index (χ3n) is 6.33. The van der Waals surface area contributed by atoms with Crippen LogP contribution < -0.4 is 16.4 Å². The van der Waals surface area contributed by atoms with Gasteiger partial charge in [-0.25, -0.2) is 0 Å². The topological polar surface area (TPSA) is 84.7 Å². The molecule has 2 aliphatic rings. The van der Waals surface area contributed by atoms with Crippen molar-refractivity contribution in [3.05, 3.63) is 53.6 Å². The molecule has 0 bridgehead atoms. The Morgan fingerprint density at radius 1 is 1.00 bits per heavy atom. The Hall–Kier alpha value is -2.82. The minimum absolute atomic E-state index is 0.0543. The number of hydrogen-bond acceptors (Lipinski definition) is 4. The van der Waals surface area contributed by atoms with Crippen LogP contribution in [0.2, 0.25) is 0 Å². The fourth-order valence-electron chi connectivity index (χ4n) is 4.65. The van der Waals surface area contributed by atoms with Crippen LogP contribution in [-0.4, -0.2) is 17.7 Å². The minimum Gasteiger partial charge on any atom is -0.399 e. The number of anilines is 3. The SMILES string of the molecule is CC(C)[C@@H]1N=C(C2CCCCC2)c2cc(N)ccc2N(Cc2ccc(N)cc2)C1=O. The Balaban J connectivity index is 1.82. The molecule has 158 valence electrons. The van der Waals surface area contributed by atoms with Gasteiger partial charge in [-0.05, 0) is 54.7 Å². The molecule has 2 aromatic carbocycles. The van der Waals surface area contributed by atoms with Crippen molar-refractivity contribution in [2.75, 3.05) is 16.4 Å². The minimum atomic E-state index is -0.385. The molecule has 1 heterocycles. The first-order valence-corrected chi connectivity index (χ1v) is 11.1. The first kappa shape index (κ1) is 20.5. The van der Waals surface area contributed by atoms with Crippen molar-refractivity contribution < 1.29 is 4.79 Å². The van der Waals surface area contributed by atoms with E-state index in [0.717, 1.165) is 41.1 Å². The first-order chi connectivity index (χ1) is 14.4. The predicted molar refractivity (Wildman–Crippen MR) is 125 cm³/mol. The van der Waals surface area contributed by atoms with E-state index in [9.17, 15) is 4.79 Å². The van der Waals surface area contributed by atoms with E-state index in [2.05, 4.69) is 13.8 Å². The lowest BCUT2D eigenvalue weighted by molar-refractivity contribution is -0.120. The van der Waals surface area contributed by atoms with Gasteiger partial charge in [-0.2, -0.15) is 0 Å². The third-order valence-corrected chi connectivity index (χ3v) is 6.33. The molecule has 0 saturated heterocycles. The van der Waals surface area contributed by atoms with E-state index in [1.807, 2.05) is 47.4 Å². The lowest BCUT2D eigenvalue weighted by Crippen LogP contribution is -2.39. The molecular weight excluding hydrogens is 372 g/mol. The van der Waals surface area contributed by atoms with Gasteiger partial charge in [0.05, 0.1) is 12.2 Å². The second kappa shape index (κ2) is 8.50. The average Bonchev–Trinajstić information content (AvgIpc) is 2.85. The van der Waals surface area contributed by atoms with Gasteiger partial charge in [-0.15, -0.1) is 0 Å². The molecule has 0 radical (unpaired) electrons. The summed E-state index contributed by atoms with van der Waals surface area (Å²) in [6.07, 6.45) is 5.98. The van der Waals surface area contributed by atoms with Crippen molar-refractivity contribution >= 4 is 28.7 Å². The van der Waals surface area contributed by atoms with Crippen molar-refractivity contribution in [3.8, 4) is 0 Å². The second-order valence-corrected chi connectivity index (χ2v) is 8.98. The molecule has 1 aliphatic carbocycles. The molecule has 2 aromatic rings. The summed E-state index contributed by atoms with van der Waals surface area (Å²) < 4.78 is 0. The van der Waals surface area contributed by atoms with Crippen molar-refractivity contribution in [2.45, 2.75) is 58.5 Å². The van der Waals surface area contributed by atoms with E-state index in [0.29, 0.717) is 18.2 Å². The zero-order chi connectivity index (χ0) is 21.3. The second-order valence-electron chi connectivity index (χ2n) is 8.98. The quantitative estimate of drug-likeness (QED) is 0.718. The van der Waals surface area contributed by atoms with E-state index in [-0.39, 0.29) is 17.9 Å². The van der Waals surface area contributed by atoms with Crippen LogP contribution >= 0.6 is 0 Å². The molecule has 5 heteroatoms. The van der Waals surface area contributed by atoms with Gasteiger partial charge in [-0.1, -0.05) is 45.2 Å². The highest BCUT2D eigenvalue weighted by molar-refractivity contribution is 6.14. The van der Waals surface area contributed by atoms with Gasteiger partial charge in [0.15, 0.2) is 0 Å². The number of aliphatic imine (C=N–C) groups is 1. The molecule has 0 spiro atoms. The summed E-state index contributed by atoms with van der Waals surface area (Å²) in [6, 6.07) is 13.2. The number of carbonyl (C=O) groups is 1. The number of nitrogen functional groups attached to an aromatic ring is 2. The van der Waals surface area contributed by atoms with Crippen LogP contribution in [0, 0.1) is 11.8 Å². The largest absolute Gasteiger partial charge is 0.399 e. The number of benzodiazepines with no additional fused rings is 1. The van der Waals surface area contributed by atoms with E-state index in [1.54, 1.807) is 0 Å². The summed E-state index contributed by atoms with van der Waals surface area (Å²) >= 11 is 0. The molecule has 1 saturated carbocycles. The van der Waals surface area contributed by atoms with Crippen molar-refractivity contribution in [1.29, 1.82) is 0 Å². The normalized spacial score (nSPS) is 20.1. The van der Waals surface area contributed by atoms with E-state index in [4.69, 9.17) is 16.5 Å². The molecule has 1 atom stereocenters. The number of nitrogens with zero attached hydrogens (tertiary/aromatic N) is 2. The summed E-state index contributed by atoms with van der Waals surface area (Å²) in [5.74, 6) is 0.570. The first-order valence-electron chi connectivity index (χ1n) is 11.1. The van der Waals surface area contributed by atoms with Crippen LogP contribution in [0.4, 0.5) is 17.1 Å². The Bertz CT molecular complexity index is 942. The maximum absolute atomic E-state index is 13.7. The maximum Gasteiger partial charge on any atom is 0.252 e. The fourth-order valence-corrected chi connectivity index (χ4v) is 4.65. The molecular formula is C25H32N4O. The number of rotatable bonds is 4. The third kappa shape index (κ3) is 4.07. The van der Waals surface area contributed by atoms with Crippen molar-refractivity contribution in [1.82, 2.24) is 0 Å². The molecule has 30 heavy (non-hydrogen) atoms. The van der Waals surface area contributed by atoms with E-state index >= 15 is 0 Å². The summed E-state index contributed by atoms with van der Waals surface area (Å²) in [4.78, 5) is 20.7. The molecule has 1 amide bonds. The predicted octanol–water partition coefficient (Wildman–Crippen LogP) is 4.79. The number of carbonyl (C=O) groups excluding carboxylic acids is 1. The Labute approximate surface area is 179 Å². The summed E-state index contributed by atoms with van der Waals surface area (Å²) in [5, 5.41) is 0. The number of hydrogen-bond donors (Lipinski definition) is 2. The monoisotopic (exact) mass is 404 g/mol. The zero-order valence-electron chi connectivity index (χ0n) is 18.0. The van der Waals surface area contributed by atoms with Crippen LogP contribution in [-0.2, 0) is 11.3 Å². The summed E-state index contributed by atoms with van der Waals surface area (Å²) in [5.41, 5.74) is 17.5. The standard InChI is InChI=1S/C25H32N4O/c1-16(2)23-25(30)29(15-17-8-10-19(26)11-9-17)22-13-12-20(27)14-21(22)24(28-23)18-6-4-3-5-7-18/h8-14,16,18,23H,3-7,15,26-27H2,1-2H3/t23-/m0/s1. The molecule has 4 rings (SSSR count). The lowest BCUT2D eigenvalue weighted by atomic mass is 9.82. The average molecular weight is 405 g/mol. The molecule has 4 N–H and O–H groups in total. The highest BCUT2D eigenvalue weighted by Crippen LogP contribution is 2.36. The van der Waals surface area contributed by atoms with Gasteiger partial charge in [0, 0.05) is 28.6 Å². The Morgan fingerprint density at radius 3 is 2.33 bits per heavy atom. The van der Waals surface area contributed by atoms with Crippen LogP contribution in [0.3, 0.4) is 0 Å². The van der Waals surface area contributed by atoms with Gasteiger partial charge in [0.2, 0.25) is 0 Å². The molecule has 0 unspecified atom stereocenters. The Morgan fingerprint density at radius 2 is 1.67 bits per heavy atom.